The van der Waals surface area contributed by atoms with Gasteiger partial charge in [0.25, 0.3) is 0 Å². The average molecular weight is 317 g/mol. The zero-order valence-corrected chi connectivity index (χ0v) is 11.8. The van der Waals surface area contributed by atoms with E-state index in [4.69, 9.17) is 29.0 Å². The number of benzene rings is 2. The summed E-state index contributed by atoms with van der Waals surface area (Å²) in [4.78, 5) is 0. The second-order valence-electron chi connectivity index (χ2n) is 4.30. The molecule has 0 radical (unpaired) electrons. The standard InChI is InChI=1S/C14H12Cl2F2N2/c15-11-7-9(17)4-5-10(11)13(20-19)6-8-2-1-3-12(18)14(8)16/h1-5,7,13,20H,6,19H2. The normalized spacial score (nSPS) is 12.4. The first-order valence-corrected chi connectivity index (χ1v) is 6.62. The molecule has 106 valence electrons. The molecule has 0 fully saturated rings. The van der Waals surface area contributed by atoms with E-state index in [-0.39, 0.29) is 10.0 Å². The summed E-state index contributed by atoms with van der Waals surface area (Å²) in [7, 11) is 0. The van der Waals surface area contributed by atoms with Gasteiger partial charge in [0, 0.05) is 5.02 Å². The van der Waals surface area contributed by atoms with Gasteiger partial charge < -0.3 is 0 Å². The van der Waals surface area contributed by atoms with Crippen molar-refractivity contribution in [3.8, 4) is 0 Å². The van der Waals surface area contributed by atoms with Crippen molar-refractivity contribution in [3.05, 3.63) is 69.2 Å². The van der Waals surface area contributed by atoms with E-state index in [9.17, 15) is 8.78 Å². The van der Waals surface area contributed by atoms with Crippen molar-refractivity contribution in [2.75, 3.05) is 0 Å². The maximum Gasteiger partial charge on any atom is 0.142 e. The fourth-order valence-electron chi connectivity index (χ4n) is 1.97. The maximum atomic E-state index is 13.4. The third kappa shape index (κ3) is 3.27. The Kier molecular flexibility index (Phi) is 4.94. The molecule has 0 amide bonds. The van der Waals surface area contributed by atoms with Gasteiger partial charge in [-0.05, 0) is 35.7 Å². The second kappa shape index (κ2) is 6.50. The third-order valence-corrected chi connectivity index (χ3v) is 3.75. The summed E-state index contributed by atoms with van der Waals surface area (Å²) in [6.45, 7) is 0. The number of hydrazine groups is 1. The number of nitrogens with two attached hydrogens (primary N) is 1. The number of nitrogens with one attached hydrogen (secondary N) is 1. The molecule has 20 heavy (non-hydrogen) atoms. The van der Waals surface area contributed by atoms with Gasteiger partial charge in [-0.25, -0.2) is 8.78 Å². The van der Waals surface area contributed by atoms with Gasteiger partial charge in [-0.15, -0.1) is 0 Å². The molecule has 3 N–H and O–H groups in total. The molecule has 2 aromatic rings. The highest BCUT2D eigenvalue weighted by Gasteiger charge is 2.17. The average Bonchev–Trinajstić information content (AvgIpc) is 2.41. The molecule has 0 bridgehead atoms. The Morgan fingerprint density at radius 3 is 2.55 bits per heavy atom. The molecule has 2 aromatic carbocycles. The van der Waals surface area contributed by atoms with Crippen LogP contribution in [0.15, 0.2) is 36.4 Å². The fraction of sp³-hybridized carbons (Fsp3) is 0.143. The summed E-state index contributed by atoms with van der Waals surface area (Å²) in [6, 6.07) is 8.18. The van der Waals surface area contributed by atoms with Crippen LogP contribution in [0, 0.1) is 11.6 Å². The minimum Gasteiger partial charge on any atom is -0.271 e. The van der Waals surface area contributed by atoms with Crippen LogP contribution >= 0.6 is 23.2 Å². The van der Waals surface area contributed by atoms with Crippen molar-refractivity contribution in [2.24, 2.45) is 5.84 Å². The van der Waals surface area contributed by atoms with Crippen molar-refractivity contribution >= 4 is 23.2 Å². The van der Waals surface area contributed by atoms with E-state index in [1.165, 1.54) is 24.3 Å². The minimum atomic E-state index is -0.495. The van der Waals surface area contributed by atoms with E-state index in [1.54, 1.807) is 12.1 Å². The van der Waals surface area contributed by atoms with Crippen molar-refractivity contribution in [1.29, 1.82) is 0 Å². The lowest BCUT2D eigenvalue weighted by atomic mass is 9.99. The number of hydrogen-bond acceptors (Lipinski definition) is 2. The Morgan fingerprint density at radius 1 is 1.15 bits per heavy atom. The highest BCUT2D eigenvalue weighted by Crippen LogP contribution is 2.29. The van der Waals surface area contributed by atoms with Crippen molar-refractivity contribution in [2.45, 2.75) is 12.5 Å². The Morgan fingerprint density at radius 2 is 1.90 bits per heavy atom. The van der Waals surface area contributed by atoms with Crippen molar-refractivity contribution in [1.82, 2.24) is 5.43 Å². The quantitative estimate of drug-likeness (QED) is 0.660. The summed E-state index contributed by atoms with van der Waals surface area (Å²) >= 11 is 11.9. The van der Waals surface area contributed by atoms with Gasteiger partial charge in [0.05, 0.1) is 11.1 Å². The van der Waals surface area contributed by atoms with E-state index in [1.807, 2.05) is 0 Å². The Bertz CT molecular complexity index is 620. The van der Waals surface area contributed by atoms with Crippen LogP contribution in [0.5, 0.6) is 0 Å². The SMILES string of the molecule is NNC(Cc1cccc(F)c1Cl)c1ccc(F)cc1Cl. The van der Waals surface area contributed by atoms with Crippen LogP contribution in [-0.2, 0) is 6.42 Å². The monoisotopic (exact) mass is 316 g/mol. The summed E-state index contributed by atoms with van der Waals surface area (Å²) < 4.78 is 26.5. The van der Waals surface area contributed by atoms with E-state index in [2.05, 4.69) is 5.43 Å². The molecule has 2 nitrogen and oxygen atoms in total. The van der Waals surface area contributed by atoms with Crippen molar-refractivity contribution < 1.29 is 8.78 Å². The minimum absolute atomic E-state index is 0.0472. The second-order valence-corrected chi connectivity index (χ2v) is 5.09. The molecular formula is C14H12Cl2F2N2. The highest BCUT2D eigenvalue weighted by atomic mass is 35.5. The molecule has 0 aliphatic heterocycles. The smallest absolute Gasteiger partial charge is 0.142 e. The van der Waals surface area contributed by atoms with Gasteiger partial charge in [0.2, 0.25) is 0 Å². The summed E-state index contributed by atoms with van der Waals surface area (Å²) in [5.41, 5.74) is 3.80. The van der Waals surface area contributed by atoms with Crippen LogP contribution in [0.2, 0.25) is 10.0 Å². The van der Waals surface area contributed by atoms with E-state index in [0.29, 0.717) is 17.5 Å². The number of hydrogen-bond donors (Lipinski definition) is 2. The first kappa shape index (κ1) is 15.2. The first-order chi connectivity index (χ1) is 9.52. The van der Waals surface area contributed by atoms with Crippen LogP contribution in [0.4, 0.5) is 8.78 Å². The Balaban J connectivity index is 2.31. The molecule has 1 unspecified atom stereocenters. The molecule has 0 aliphatic rings. The number of halogens is 4. The lowest BCUT2D eigenvalue weighted by molar-refractivity contribution is 0.546. The molecule has 0 heterocycles. The highest BCUT2D eigenvalue weighted by molar-refractivity contribution is 6.32. The van der Waals surface area contributed by atoms with Gasteiger partial charge in [0.1, 0.15) is 11.6 Å². The van der Waals surface area contributed by atoms with Crippen LogP contribution in [0.1, 0.15) is 17.2 Å². The van der Waals surface area contributed by atoms with Crippen LogP contribution in [-0.4, -0.2) is 0 Å². The lowest BCUT2D eigenvalue weighted by Gasteiger charge is -2.18. The van der Waals surface area contributed by atoms with Gasteiger partial charge in [0.15, 0.2) is 0 Å². The van der Waals surface area contributed by atoms with E-state index < -0.39 is 17.7 Å². The Hall–Kier alpha value is -1.20. The van der Waals surface area contributed by atoms with Gasteiger partial charge in [-0.2, -0.15) is 0 Å². The fourth-order valence-corrected chi connectivity index (χ4v) is 2.47. The van der Waals surface area contributed by atoms with Gasteiger partial charge in [-0.3, -0.25) is 11.3 Å². The van der Waals surface area contributed by atoms with E-state index in [0.717, 1.165) is 0 Å². The molecule has 2 rings (SSSR count). The molecule has 0 aliphatic carbocycles. The first-order valence-electron chi connectivity index (χ1n) is 5.87. The molecule has 0 spiro atoms. The topological polar surface area (TPSA) is 38.0 Å². The molecule has 0 saturated carbocycles. The zero-order valence-electron chi connectivity index (χ0n) is 10.3. The zero-order chi connectivity index (χ0) is 14.7. The molecule has 1 atom stereocenters. The lowest BCUT2D eigenvalue weighted by Crippen LogP contribution is -2.30. The molecular weight excluding hydrogens is 305 g/mol. The van der Waals surface area contributed by atoms with Crippen LogP contribution in [0.3, 0.4) is 0 Å². The van der Waals surface area contributed by atoms with E-state index >= 15 is 0 Å². The largest absolute Gasteiger partial charge is 0.271 e. The van der Waals surface area contributed by atoms with Crippen molar-refractivity contribution in [3.63, 3.8) is 0 Å². The Labute approximate surface area is 125 Å². The third-order valence-electron chi connectivity index (χ3n) is 2.99. The summed E-state index contributed by atoms with van der Waals surface area (Å²) in [5, 5.41) is 0.298. The molecule has 6 heteroatoms. The molecule has 0 saturated heterocycles. The van der Waals surface area contributed by atoms with Crippen LogP contribution in [0.25, 0.3) is 0 Å². The summed E-state index contributed by atoms with van der Waals surface area (Å²) in [5.74, 6) is 4.58. The van der Waals surface area contributed by atoms with Crippen LogP contribution < -0.4 is 11.3 Å². The summed E-state index contributed by atoms with van der Waals surface area (Å²) in [6.07, 6.45) is 0.332. The van der Waals surface area contributed by atoms with Gasteiger partial charge in [-0.1, -0.05) is 41.4 Å². The number of rotatable bonds is 4. The van der Waals surface area contributed by atoms with Gasteiger partial charge >= 0.3 is 0 Å². The molecule has 0 aromatic heterocycles. The predicted octanol–water partition coefficient (Wildman–Crippen LogP) is 4.02. The predicted molar refractivity (Wildman–Crippen MR) is 76.6 cm³/mol. The maximum absolute atomic E-state index is 13.4.